The van der Waals surface area contributed by atoms with Crippen LogP contribution in [-0.4, -0.2) is 107 Å². The van der Waals surface area contributed by atoms with Gasteiger partial charge in [0.05, 0.1) is 32.8 Å². The van der Waals surface area contributed by atoms with Crippen LogP contribution in [0.3, 0.4) is 0 Å². The van der Waals surface area contributed by atoms with E-state index in [1.54, 1.807) is 20.8 Å². The normalized spacial score (nSPS) is 12.0. The lowest BCUT2D eigenvalue weighted by Gasteiger charge is -2.24. The first-order valence-electron chi connectivity index (χ1n) is 17.6. The maximum absolute atomic E-state index is 12.7. The third-order valence-corrected chi connectivity index (χ3v) is 6.70. The van der Waals surface area contributed by atoms with Gasteiger partial charge in [-0.25, -0.2) is 9.59 Å². The number of aromatic hydroxyl groups is 2. The SMILES string of the molecule is CC(C)(C)OC(=O)CCCCCCC(=O)NCCOCCOCCNC(=O)CCC(=O)N[C@@H](CCC(=O)On1c(O)ccc1O)C(=O)OC(C)(C)C. The fourth-order valence-electron chi connectivity index (χ4n) is 4.35. The van der Waals surface area contributed by atoms with Gasteiger partial charge in [0.25, 0.3) is 0 Å². The third kappa shape index (κ3) is 23.2. The Morgan fingerprint density at radius 1 is 0.635 bits per heavy atom. The van der Waals surface area contributed by atoms with Gasteiger partial charge in [0.1, 0.15) is 17.2 Å². The smallest absolute Gasteiger partial charge is 0.333 e. The molecule has 0 aromatic carbocycles. The highest BCUT2D eigenvalue weighted by Crippen LogP contribution is 2.19. The molecule has 1 aromatic rings. The molecule has 0 aliphatic carbocycles. The van der Waals surface area contributed by atoms with Gasteiger partial charge in [-0.15, -0.1) is 4.73 Å². The zero-order chi connectivity index (χ0) is 39.2. The van der Waals surface area contributed by atoms with Gasteiger partial charge in [-0.2, -0.15) is 0 Å². The molecule has 17 nitrogen and oxygen atoms in total. The Hall–Kier alpha value is -4.38. The van der Waals surface area contributed by atoms with E-state index in [9.17, 15) is 39.0 Å². The summed E-state index contributed by atoms with van der Waals surface area (Å²) in [6, 6.07) is 1.01. The highest BCUT2D eigenvalue weighted by atomic mass is 16.7. The molecule has 0 saturated heterocycles. The molecule has 0 fully saturated rings. The molecule has 1 rings (SSSR count). The summed E-state index contributed by atoms with van der Waals surface area (Å²) in [4.78, 5) is 78.2. The van der Waals surface area contributed by atoms with Crippen molar-refractivity contribution in [2.24, 2.45) is 0 Å². The average molecular weight is 743 g/mol. The Morgan fingerprint density at radius 2 is 1.13 bits per heavy atom. The second-order valence-corrected chi connectivity index (χ2v) is 13.9. The number of ether oxygens (including phenoxy) is 4. The van der Waals surface area contributed by atoms with Gasteiger partial charge in [0, 0.05) is 50.9 Å². The zero-order valence-corrected chi connectivity index (χ0v) is 31.4. The summed E-state index contributed by atoms with van der Waals surface area (Å²) >= 11 is 0. The molecule has 0 unspecified atom stereocenters. The average Bonchev–Trinajstić information content (AvgIpc) is 3.34. The third-order valence-electron chi connectivity index (χ3n) is 6.70. The van der Waals surface area contributed by atoms with Gasteiger partial charge < -0.3 is 49.9 Å². The number of esters is 2. The minimum absolute atomic E-state index is 0.0564. The fraction of sp³-hybridized carbons (Fsp3) is 0.714. The summed E-state index contributed by atoms with van der Waals surface area (Å²) in [7, 11) is 0. The van der Waals surface area contributed by atoms with Crippen LogP contribution in [-0.2, 0) is 47.7 Å². The maximum Gasteiger partial charge on any atom is 0.333 e. The van der Waals surface area contributed by atoms with Crippen LogP contribution in [0, 0.1) is 0 Å². The molecule has 0 aliphatic heterocycles. The minimum atomic E-state index is -1.22. The first kappa shape index (κ1) is 45.6. The number of carbonyl (C=O) groups excluding carboxylic acids is 6. The highest BCUT2D eigenvalue weighted by molar-refractivity contribution is 5.87. The number of hydrogen-bond acceptors (Lipinski definition) is 13. The Kier molecular flexibility index (Phi) is 21.0. The van der Waals surface area contributed by atoms with E-state index in [0.29, 0.717) is 37.3 Å². The molecule has 0 spiro atoms. The summed E-state index contributed by atoms with van der Waals surface area (Å²) in [5.41, 5.74) is -1.35. The van der Waals surface area contributed by atoms with Crippen molar-refractivity contribution < 1.29 is 62.8 Å². The molecule has 17 heteroatoms. The summed E-state index contributed by atoms with van der Waals surface area (Å²) < 4.78 is 22.0. The van der Waals surface area contributed by atoms with Gasteiger partial charge in [0.15, 0.2) is 0 Å². The second kappa shape index (κ2) is 24.0. The number of carbonyl (C=O) groups is 6. The van der Waals surface area contributed by atoms with Gasteiger partial charge in [-0.1, -0.05) is 12.8 Å². The molecule has 0 bridgehead atoms. The van der Waals surface area contributed by atoms with E-state index in [1.807, 2.05) is 20.8 Å². The Bertz CT molecular complexity index is 1260. The van der Waals surface area contributed by atoms with Gasteiger partial charge >= 0.3 is 17.9 Å². The van der Waals surface area contributed by atoms with E-state index in [4.69, 9.17) is 23.8 Å². The lowest BCUT2D eigenvalue weighted by molar-refractivity contribution is -0.159. The number of hydrogen-bond donors (Lipinski definition) is 5. The van der Waals surface area contributed by atoms with E-state index in [-0.39, 0.29) is 57.3 Å². The van der Waals surface area contributed by atoms with Gasteiger partial charge in [-0.3, -0.25) is 19.2 Å². The van der Waals surface area contributed by atoms with Crippen molar-refractivity contribution in [2.75, 3.05) is 39.5 Å². The van der Waals surface area contributed by atoms with Crippen LogP contribution >= 0.6 is 0 Å². The zero-order valence-electron chi connectivity index (χ0n) is 31.4. The number of nitrogens with zero attached hydrogens (tertiary/aromatic N) is 1. The first-order valence-corrected chi connectivity index (χ1v) is 17.6. The van der Waals surface area contributed by atoms with Crippen LogP contribution in [0.25, 0.3) is 0 Å². The molecule has 0 saturated carbocycles. The summed E-state index contributed by atoms with van der Waals surface area (Å²) in [6.45, 7) is 12.1. The molecule has 296 valence electrons. The van der Waals surface area contributed by atoms with Crippen molar-refractivity contribution in [2.45, 2.75) is 123 Å². The van der Waals surface area contributed by atoms with Crippen molar-refractivity contribution in [1.29, 1.82) is 0 Å². The Morgan fingerprint density at radius 3 is 1.67 bits per heavy atom. The van der Waals surface area contributed by atoms with Crippen molar-refractivity contribution in [1.82, 2.24) is 20.7 Å². The molecule has 0 aliphatic rings. The first-order chi connectivity index (χ1) is 24.4. The van der Waals surface area contributed by atoms with E-state index in [1.165, 1.54) is 0 Å². The number of aromatic nitrogens is 1. The van der Waals surface area contributed by atoms with Crippen LogP contribution in [0.1, 0.15) is 106 Å². The second-order valence-electron chi connectivity index (χ2n) is 13.9. The van der Waals surface area contributed by atoms with Gasteiger partial charge in [0.2, 0.25) is 29.5 Å². The topological polar surface area (TPSA) is 230 Å². The summed E-state index contributed by atoms with van der Waals surface area (Å²) in [5.74, 6) is -3.98. The number of rotatable bonds is 25. The van der Waals surface area contributed by atoms with E-state index in [0.717, 1.165) is 37.8 Å². The van der Waals surface area contributed by atoms with Crippen LogP contribution in [0.15, 0.2) is 12.1 Å². The fourth-order valence-corrected chi connectivity index (χ4v) is 4.35. The summed E-state index contributed by atoms with van der Waals surface area (Å²) in [6.07, 6.45) is 3.01. The van der Waals surface area contributed by atoms with Crippen molar-refractivity contribution in [3.8, 4) is 11.8 Å². The molecule has 1 aromatic heterocycles. The quantitative estimate of drug-likeness (QED) is 0.0716. The predicted molar refractivity (Wildman–Crippen MR) is 187 cm³/mol. The van der Waals surface area contributed by atoms with Crippen molar-refractivity contribution >= 4 is 35.6 Å². The lowest BCUT2D eigenvalue weighted by Crippen LogP contribution is -2.45. The summed E-state index contributed by atoms with van der Waals surface area (Å²) in [5, 5.41) is 27.2. The molecule has 1 heterocycles. The molecule has 0 radical (unpaired) electrons. The number of nitrogens with one attached hydrogen (secondary N) is 3. The van der Waals surface area contributed by atoms with E-state index >= 15 is 0 Å². The van der Waals surface area contributed by atoms with Gasteiger partial charge in [-0.05, 0) is 60.8 Å². The maximum atomic E-state index is 12.7. The predicted octanol–water partition coefficient (Wildman–Crippen LogP) is 2.19. The van der Waals surface area contributed by atoms with Crippen molar-refractivity contribution in [3.63, 3.8) is 0 Å². The Balaban J connectivity index is 2.16. The van der Waals surface area contributed by atoms with E-state index in [2.05, 4.69) is 16.0 Å². The molecule has 52 heavy (non-hydrogen) atoms. The standard InChI is InChI=1S/C35H58N4O13/c1-34(2,3)50-31(45)12-10-8-7-9-11-26(40)36-19-21-48-23-24-49-22-20-37-27(41)14-15-28(42)38-25(33(47)51-35(4,5)6)13-18-32(46)52-39-29(43)16-17-30(39)44/h16-17,25,43-44H,7-15,18-24H2,1-6H3,(H,36,40)(H,37,41)(H,38,42)/t25-/m0/s1. The highest BCUT2D eigenvalue weighted by Gasteiger charge is 2.28. The monoisotopic (exact) mass is 742 g/mol. The minimum Gasteiger partial charge on any atom is -0.492 e. The Labute approximate surface area is 305 Å². The van der Waals surface area contributed by atoms with Crippen LogP contribution < -0.4 is 20.8 Å². The number of amides is 3. The van der Waals surface area contributed by atoms with Crippen LogP contribution in [0.4, 0.5) is 0 Å². The van der Waals surface area contributed by atoms with Crippen LogP contribution in [0.5, 0.6) is 11.8 Å². The molecule has 1 atom stereocenters. The molecule has 3 amide bonds. The number of unbranched alkanes of at least 4 members (excludes halogenated alkanes) is 3. The lowest BCUT2D eigenvalue weighted by atomic mass is 10.1. The largest absolute Gasteiger partial charge is 0.492 e. The van der Waals surface area contributed by atoms with Crippen molar-refractivity contribution in [3.05, 3.63) is 12.1 Å². The van der Waals surface area contributed by atoms with E-state index < -0.39 is 52.8 Å². The molecular formula is C35H58N4O13. The molecular weight excluding hydrogens is 684 g/mol. The molecule has 5 N–H and O–H groups in total. The van der Waals surface area contributed by atoms with Crippen LogP contribution in [0.2, 0.25) is 0 Å².